The Morgan fingerprint density at radius 3 is 2.81 bits per heavy atom. The molecule has 4 rings (SSSR count). The van der Waals surface area contributed by atoms with E-state index in [9.17, 15) is 4.79 Å². The maximum Gasteiger partial charge on any atom is 0.241 e. The molecule has 1 unspecified atom stereocenters. The van der Waals surface area contributed by atoms with Crippen LogP contribution in [0, 0.1) is 12.8 Å². The molecule has 8 nitrogen and oxygen atoms in total. The number of nitrogens with one attached hydrogen (secondary N) is 1. The van der Waals surface area contributed by atoms with Crippen LogP contribution in [0.5, 0.6) is 11.5 Å². The van der Waals surface area contributed by atoms with Crippen LogP contribution in [0.3, 0.4) is 0 Å². The number of piperidine rings is 1. The molecule has 0 spiro atoms. The number of hydrogen-bond donors (Lipinski definition) is 1. The average molecular weight is 437 g/mol. The van der Waals surface area contributed by atoms with E-state index in [1.165, 1.54) is 0 Å². The summed E-state index contributed by atoms with van der Waals surface area (Å²) >= 11 is 0. The van der Waals surface area contributed by atoms with E-state index >= 15 is 0 Å². The number of carbonyl (C=O) groups excluding carboxylic acids is 1. The maximum atomic E-state index is 12.9. The van der Waals surface area contributed by atoms with E-state index in [4.69, 9.17) is 14.0 Å². The highest BCUT2D eigenvalue weighted by Gasteiger charge is 2.27. The average Bonchev–Trinajstić information content (AvgIpc) is 3.27. The van der Waals surface area contributed by atoms with Gasteiger partial charge in [-0.1, -0.05) is 28.9 Å². The van der Waals surface area contributed by atoms with Gasteiger partial charge in [-0.25, -0.2) is 0 Å². The number of rotatable bonds is 7. The summed E-state index contributed by atoms with van der Waals surface area (Å²) in [5.74, 6) is 2.23. The molecular weight excluding hydrogens is 408 g/mol. The monoisotopic (exact) mass is 436 g/mol. The molecule has 3 aromatic rings. The molecule has 0 bridgehead atoms. The number of aryl methyl sites for hydroxylation is 1. The van der Waals surface area contributed by atoms with E-state index in [0.29, 0.717) is 42.0 Å². The topological polar surface area (TPSA) is 89.7 Å². The lowest BCUT2D eigenvalue weighted by Gasteiger charge is -2.30. The van der Waals surface area contributed by atoms with Crippen molar-refractivity contribution in [1.29, 1.82) is 0 Å². The lowest BCUT2D eigenvalue weighted by molar-refractivity contribution is -0.121. The summed E-state index contributed by atoms with van der Waals surface area (Å²) in [6.45, 7) is 4.09. The van der Waals surface area contributed by atoms with Gasteiger partial charge in [0, 0.05) is 23.9 Å². The second kappa shape index (κ2) is 9.82. The van der Waals surface area contributed by atoms with Gasteiger partial charge in [0.2, 0.25) is 17.6 Å². The first-order valence-corrected chi connectivity index (χ1v) is 10.7. The van der Waals surface area contributed by atoms with Crippen LogP contribution in [-0.2, 0) is 11.3 Å². The largest absolute Gasteiger partial charge is 0.493 e. The third kappa shape index (κ3) is 5.08. The fraction of sp³-hybridized carbons (Fsp3) is 0.375. The molecule has 0 radical (unpaired) electrons. The Morgan fingerprint density at radius 1 is 1.19 bits per heavy atom. The molecule has 1 aromatic heterocycles. The number of amides is 1. The Labute approximate surface area is 187 Å². The molecule has 32 heavy (non-hydrogen) atoms. The fourth-order valence-electron chi connectivity index (χ4n) is 3.98. The summed E-state index contributed by atoms with van der Waals surface area (Å²) in [5.41, 5.74) is 2.77. The van der Waals surface area contributed by atoms with Crippen LogP contribution in [0.25, 0.3) is 11.4 Å². The zero-order valence-corrected chi connectivity index (χ0v) is 18.6. The number of aromatic nitrogens is 2. The second-order valence-corrected chi connectivity index (χ2v) is 8.01. The van der Waals surface area contributed by atoms with Gasteiger partial charge in [0.25, 0.3) is 0 Å². The molecule has 1 saturated heterocycles. The molecule has 1 amide bonds. The normalized spacial score (nSPS) is 16.5. The molecule has 2 aromatic carbocycles. The van der Waals surface area contributed by atoms with Crippen LogP contribution in [0.15, 0.2) is 47.0 Å². The van der Waals surface area contributed by atoms with Crippen molar-refractivity contribution in [1.82, 2.24) is 15.0 Å². The van der Waals surface area contributed by atoms with Crippen LogP contribution in [0.2, 0.25) is 0 Å². The first-order valence-electron chi connectivity index (χ1n) is 10.7. The Hall–Kier alpha value is -3.39. The van der Waals surface area contributed by atoms with Crippen molar-refractivity contribution in [2.75, 3.05) is 32.6 Å². The highest BCUT2D eigenvalue weighted by Crippen LogP contribution is 2.30. The zero-order valence-electron chi connectivity index (χ0n) is 18.6. The number of anilines is 1. The summed E-state index contributed by atoms with van der Waals surface area (Å²) in [7, 11) is 3.16. The molecule has 1 aliphatic heterocycles. The smallest absolute Gasteiger partial charge is 0.241 e. The molecule has 0 aliphatic carbocycles. The molecule has 0 saturated carbocycles. The molecule has 1 atom stereocenters. The minimum atomic E-state index is -0.115. The van der Waals surface area contributed by atoms with Gasteiger partial charge in [0.15, 0.2) is 11.5 Å². The summed E-state index contributed by atoms with van der Waals surface area (Å²) in [5, 5.41) is 7.12. The number of ether oxygens (including phenoxy) is 2. The first kappa shape index (κ1) is 21.8. The maximum absolute atomic E-state index is 12.9. The van der Waals surface area contributed by atoms with Crippen LogP contribution in [-0.4, -0.2) is 48.3 Å². The highest BCUT2D eigenvalue weighted by molar-refractivity contribution is 5.93. The van der Waals surface area contributed by atoms with E-state index in [2.05, 4.69) is 20.4 Å². The van der Waals surface area contributed by atoms with E-state index in [0.717, 1.165) is 30.5 Å². The van der Waals surface area contributed by atoms with Gasteiger partial charge in [-0.05, 0) is 44.5 Å². The second-order valence-electron chi connectivity index (χ2n) is 8.01. The van der Waals surface area contributed by atoms with Crippen molar-refractivity contribution in [3.63, 3.8) is 0 Å². The molecule has 1 fully saturated rings. The van der Waals surface area contributed by atoms with Crippen LogP contribution < -0.4 is 14.8 Å². The Kier molecular flexibility index (Phi) is 6.70. The minimum absolute atomic E-state index is 0.00658. The van der Waals surface area contributed by atoms with Gasteiger partial charge >= 0.3 is 0 Å². The van der Waals surface area contributed by atoms with Crippen LogP contribution in [0.4, 0.5) is 5.69 Å². The quantitative estimate of drug-likeness (QED) is 0.600. The van der Waals surface area contributed by atoms with E-state index in [1.54, 1.807) is 26.4 Å². The first-order chi connectivity index (χ1) is 15.6. The third-order valence-corrected chi connectivity index (χ3v) is 5.63. The molecule has 1 N–H and O–H groups in total. The van der Waals surface area contributed by atoms with Crippen molar-refractivity contribution in [2.24, 2.45) is 5.92 Å². The van der Waals surface area contributed by atoms with Gasteiger partial charge < -0.3 is 19.3 Å². The van der Waals surface area contributed by atoms with Crippen molar-refractivity contribution in [3.05, 3.63) is 53.9 Å². The van der Waals surface area contributed by atoms with Crippen LogP contribution >= 0.6 is 0 Å². The number of benzene rings is 2. The van der Waals surface area contributed by atoms with E-state index < -0.39 is 0 Å². The highest BCUT2D eigenvalue weighted by atomic mass is 16.5. The Bertz CT molecular complexity index is 1080. The van der Waals surface area contributed by atoms with Crippen LogP contribution in [0.1, 0.15) is 24.3 Å². The third-order valence-electron chi connectivity index (χ3n) is 5.63. The summed E-state index contributed by atoms with van der Waals surface area (Å²) in [6.07, 6.45) is 1.77. The standard InChI is InChI=1S/C24H28N4O4/c1-16-6-4-7-17(12-16)23-26-22(32-27-23)15-28-11-5-8-18(14-28)24(29)25-19-9-10-20(30-2)21(13-19)31-3/h4,6-7,9-10,12-13,18H,5,8,11,14-15H2,1-3H3,(H,25,29). The Balaban J connectivity index is 1.37. The SMILES string of the molecule is COc1ccc(NC(=O)C2CCCN(Cc3nc(-c4cccc(C)c4)no3)C2)cc1OC. The van der Waals surface area contributed by atoms with Crippen molar-refractivity contribution in [3.8, 4) is 22.9 Å². The van der Waals surface area contributed by atoms with Crippen molar-refractivity contribution in [2.45, 2.75) is 26.3 Å². The number of likely N-dealkylation sites (tertiary alicyclic amines) is 1. The number of hydrogen-bond acceptors (Lipinski definition) is 7. The molecule has 8 heteroatoms. The lowest BCUT2D eigenvalue weighted by Crippen LogP contribution is -2.40. The predicted octanol–water partition coefficient (Wildman–Crippen LogP) is 3.91. The summed E-state index contributed by atoms with van der Waals surface area (Å²) in [4.78, 5) is 19.6. The number of nitrogens with zero attached hydrogens (tertiary/aromatic N) is 3. The van der Waals surface area contributed by atoms with Gasteiger partial charge in [0.05, 0.1) is 26.7 Å². The molecule has 168 valence electrons. The van der Waals surface area contributed by atoms with Gasteiger partial charge in [0.1, 0.15) is 0 Å². The molecular formula is C24H28N4O4. The summed E-state index contributed by atoms with van der Waals surface area (Å²) < 4.78 is 16.0. The fourth-order valence-corrected chi connectivity index (χ4v) is 3.98. The number of methoxy groups -OCH3 is 2. The van der Waals surface area contributed by atoms with Gasteiger partial charge in [-0.2, -0.15) is 4.98 Å². The number of carbonyl (C=O) groups is 1. The van der Waals surface area contributed by atoms with Gasteiger partial charge in [-0.3, -0.25) is 9.69 Å². The molecule has 1 aliphatic rings. The minimum Gasteiger partial charge on any atom is -0.493 e. The van der Waals surface area contributed by atoms with Gasteiger partial charge in [-0.15, -0.1) is 0 Å². The molecule has 2 heterocycles. The van der Waals surface area contributed by atoms with Crippen molar-refractivity contribution >= 4 is 11.6 Å². The van der Waals surface area contributed by atoms with E-state index in [1.807, 2.05) is 37.3 Å². The lowest BCUT2D eigenvalue weighted by atomic mass is 9.97. The Morgan fingerprint density at radius 2 is 2.03 bits per heavy atom. The predicted molar refractivity (Wildman–Crippen MR) is 121 cm³/mol. The van der Waals surface area contributed by atoms with Crippen molar-refractivity contribution < 1.29 is 18.8 Å². The zero-order chi connectivity index (χ0) is 22.5. The summed E-state index contributed by atoms with van der Waals surface area (Å²) in [6, 6.07) is 13.4. The van der Waals surface area contributed by atoms with E-state index in [-0.39, 0.29) is 11.8 Å².